The zero-order valence-corrected chi connectivity index (χ0v) is 13.4. The molecule has 0 radical (unpaired) electrons. The van der Waals surface area contributed by atoms with Crippen LogP contribution in [-0.4, -0.2) is 15.1 Å². The molecule has 0 aliphatic rings. The van der Waals surface area contributed by atoms with Crippen molar-refractivity contribution >= 4 is 44.8 Å². The lowest BCUT2D eigenvalue weighted by molar-refractivity contribution is 0.432. The van der Waals surface area contributed by atoms with Gasteiger partial charge in [-0.3, -0.25) is 4.98 Å². The predicted molar refractivity (Wildman–Crippen MR) is 85.1 cm³/mol. The van der Waals surface area contributed by atoms with E-state index in [1.165, 1.54) is 0 Å². The second-order valence-electron chi connectivity index (χ2n) is 4.13. The Labute approximate surface area is 138 Å². The lowest BCUT2D eigenvalue weighted by atomic mass is 10.2. The van der Waals surface area contributed by atoms with Gasteiger partial charge in [0, 0.05) is 22.4 Å². The molecule has 2 N–H and O–H groups in total. The number of nitrogens with two attached hydrogens (primary N) is 1. The lowest BCUT2D eigenvalue weighted by Crippen LogP contribution is -1.92. The fraction of sp³-hybridized carbons (Fsp3) is 0. The monoisotopic (exact) mass is 384 g/mol. The molecular formula is C13H7BrCl2N4O. The van der Waals surface area contributed by atoms with E-state index >= 15 is 0 Å². The van der Waals surface area contributed by atoms with Gasteiger partial charge in [0.1, 0.15) is 0 Å². The van der Waals surface area contributed by atoms with E-state index in [-0.39, 0.29) is 5.89 Å². The van der Waals surface area contributed by atoms with E-state index in [9.17, 15) is 0 Å². The van der Waals surface area contributed by atoms with Gasteiger partial charge in [-0.1, -0.05) is 28.4 Å². The van der Waals surface area contributed by atoms with E-state index in [0.717, 1.165) is 4.47 Å². The fourth-order valence-electron chi connectivity index (χ4n) is 1.76. The molecule has 21 heavy (non-hydrogen) atoms. The normalized spacial score (nSPS) is 10.8. The summed E-state index contributed by atoms with van der Waals surface area (Å²) in [6.07, 6.45) is 3.29. The second-order valence-corrected chi connectivity index (χ2v) is 5.86. The fourth-order valence-corrected chi connectivity index (χ4v) is 2.53. The molecule has 0 aliphatic carbocycles. The number of nitrogen functional groups attached to an aromatic ring is 1. The first-order chi connectivity index (χ1) is 10.1. The highest BCUT2D eigenvalue weighted by molar-refractivity contribution is 9.10. The Morgan fingerprint density at radius 1 is 1.14 bits per heavy atom. The molecule has 0 unspecified atom stereocenters. The topological polar surface area (TPSA) is 77.8 Å². The maximum atomic E-state index is 6.13. The van der Waals surface area contributed by atoms with Gasteiger partial charge in [-0.05, 0) is 34.1 Å². The molecule has 0 fully saturated rings. The van der Waals surface area contributed by atoms with Crippen LogP contribution >= 0.6 is 39.1 Å². The van der Waals surface area contributed by atoms with Crippen molar-refractivity contribution in [3.63, 3.8) is 0 Å². The van der Waals surface area contributed by atoms with E-state index in [0.29, 0.717) is 32.7 Å². The summed E-state index contributed by atoms with van der Waals surface area (Å²) in [6.45, 7) is 0. The number of rotatable bonds is 2. The van der Waals surface area contributed by atoms with Gasteiger partial charge in [0.25, 0.3) is 5.89 Å². The van der Waals surface area contributed by atoms with Crippen molar-refractivity contribution < 1.29 is 4.52 Å². The van der Waals surface area contributed by atoms with Crippen molar-refractivity contribution in [2.45, 2.75) is 0 Å². The second kappa shape index (κ2) is 5.63. The number of halogens is 3. The maximum Gasteiger partial charge on any atom is 0.261 e. The van der Waals surface area contributed by atoms with E-state index in [1.807, 2.05) is 6.07 Å². The van der Waals surface area contributed by atoms with Gasteiger partial charge in [0.05, 0.1) is 21.3 Å². The smallest absolute Gasteiger partial charge is 0.261 e. The molecule has 2 heterocycles. The Balaban J connectivity index is 2.09. The first-order valence-electron chi connectivity index (χ1n) is 5.74. The van der Waals surface area contributed by atoms with E-state index < -0.39 is 0 Å². The average molecular weight is 386 g/mol. The van der Waals surface area contributed by atoms with Crippen LogP contribution in [0.15, 0.2) is 39.6 Å². The van der Waals surface area contributed by atoms with Gasteiger partial charge >= 0.3 is 0 Å². The minimum atomic E-state index is 0.204. The highest BCUT2D eigenvalue weighted by Crippen LogP contribution is 2.37. The molecule has 1 aromatic carbocycles. The van der Waals surface area contributed by atoms with Crippen molar-refractivity contribution in [2.75, 3.05) is 5.73 Å². The molecule has 3 rings (SSSR count). The van der Waals surface area contributed by atoms with Crippen LogP contribution < -0.4 is 5.73 Å². The van der Waals surface area contributed by atoms with Crippen molar-refractivity contribution in [3.05, 3.63) is 45.1 Å². The molecule has 106 valence electrons. The molecule has 0 aliphatic heterocycles. The molecule has 0 spiro atoms. The standard InChI is InChI=1S/C13H7BrCl2N4O/c14-7-3-6(4-18-5-7)12-19-13(21-20-12)10-8(15)1-2-9(16)11(10)17/h1-5H,17H2. The summed E-state index contributed by atoms with van der Waals surface area (Å²) in [7, 11) is 0. The van der Waals surface area contributed by atoms with Gasteiger partial charge < -0.3 is 10.3 Å². The summed E-state index contributed by atoms with van der Waals surface area (Å²) in [5.74, 6) is 0.587. The Kier molecular flexibility index (Phi) is 3.84. The van der Waals surface area contributed by atoms with E-state index in [2.05, 4.69) is 31.1 Å². The molecule has 0 saturated carbocycles. The van der Waals surface area contributed by atoms with Crippen molar-refractivity contribution in [1.29, 1.82) is 0 Å². The highest BCUT2D eigenvalue weighted by Gasteiger charge is 2.18. The number of aromatic nitrogens is 3. The Hall–Kier alpha value is -1.63. The molecule has 0 amide bonds. The summed E-state index contributed by atoms with van der Waals surface area (Å²) in [6, 6.07) is 5.06. The first kappa shape index (κ1) is 14.3. The molecule has 0 saturated heterocycles. The molecule has 8 heteroatoms. The van der Waals surface area contributed by atoms with Crippen molar-refractivity contribution in [1.82, 2.24) is 15.1 Å². The minimum absolute atomic E-state index is 0.204. The third kappa shape index (κ3) is 2.74. The van der Waals surface area contributed by atoms with Crippen LogP contribution in [0.25, 0.3) is 22.8 Å². The van der Waals surface area contributed by atoms with Crippen LogP contribution in [0, 0.1) is 0 Å². The van der Waals surface area contributed by atoms with Crippen LogP contribution in [0.5, 0.6) is 0 Å². The van der Waals surface area contributed by atoms with Crippen LogP contribution in [0.4, 0.5) is 5.69 Å². The predicted octanol–water partition coefficient (Wildman–Crippen LogP) is 4.45. The summed E-state index contributed by atoms with van der Waals surface area (Å²) in [5.41, 5.74) is 7.35. The average Bonchev–Trinajstić information content (AvgIpc) is 2.93. The van der Waals surface area contributed by atoms with Crippen molar-refractivity contribution in [3.8, 4) is 22.8 Å². The van der Waals surface area contributed by atoms with E-state index in [1.54, 1.807) is 24.5 Å². The molecule has 0 bridgehead atoms. The third-order valence-corrected chi connectivity index (χ3v) is 3.82. The quantitative estimate of drug-likeness (QED) is 0.659. The van der Waals surface area contributed by atoms with E-state index in [4.69, 9.17) is 33.5 Å². The Morgan fingerprint density at radius 2 is 1.90 bits per heavy atom. The summed E-state index contributed by atoms with van der Waals surface area (Å²) in [4.78, 5) is 8.34. The van der Waals surface area contributed by atoms with Gasteiger partial charge in [0.15, 0.2) is 0 Å². The molecule has 5 nitrogen and oxygen atoms in total. The third-order valence-electron chi connectivity index (χ3n) is 2.74. The summed E-state index contributed by atoms with van der Waals surface area (Å²) >= 11 is 15.5. The van der Waals surface area contributed by atoms with Gasteiger partial charge in [-0.25, -0.2) is 0 Å². The Bertz CT molecular complexity index is 822. The largest absolute Gasteiger partial charge is 0.397 e. The van der Waals surface area contributed by atoms with Crippen LogP contribution in [-0.2, 0) is 0 Å². The Morgan fingerprint density at radius 3 is 2.67 bits per heavy atom. The van der Waals surface area contributed by atoms with Gasteiger partial charge in [0.2, 0.25) is 5.82 Å². The SMILES string of the molecule is Nc1c(Cl)ccc(Cl)c1-c1nc(-c2cncc(Br)c2)no1. The number of hydrogen-bond donors (Lipinski definition) is 1. The molecule has 2 aromatic heterocycles. The number of benzene rings is 1. The van der Waals surface area contributed by atoms with Crippen LogP contribution in [0.2, 0.25) is 10.0 Å². The number of hydrogen-bond acceptors (Lipinski definition) is 5. The summed E-state index contributed by atoms with van der Waals surface area (Å²) in [5, 5.41) is 4.67. The number of anilines is 1. The zero-order valence-electron chi connectivity index (χ0n) is 10.3. The molecular weight excluding hydrogens is 379 g/mol. The van der Waals surface area contributed by atoms with Crippen LogP contribution in [0.3, 0.4) is 0 Å². The summed E-state index contributed by atoms with van der Waals surface area (Å²) < 4.78 is 6.05. The zero-order chi connectivity index (χ0) is 15.0. The minimum Gasteiger partial charge on any atom is -0.397 e. The van der Waals surface area contributed by atoms with Crippen LogP contribution in [0.1, 0.15) is 0 Å². The highest BCUT2D eigenvalue weighted by atomic mass is 79.9. The van der Waals surface area contributed by atoms with Crippen molar-refractivity contribution in [2.24, 2.45) is 0 Å². The van der Waals surface area contributed by atoms with Gasteiger partial charge in [-0.15, -0.1) is 0 Å². The first-order valence-corrected chi connectivity index (χ1v) is 7.29. The molecule has 3 aromatic rings. The number of pyridine rings is 1. The maximum absolute atomic E-state index is 6.13. The number of nitrogens with zero attached hydrogens (tertiary/aromatic N) is 3. The lowest BCUT2D eigenvalue weighted by Gasteiger charge is -2.04. The molecule has 0 atom stereocenters. The van der Waals surface area contributed by atoms with Gasteiger partial charge in [-0.2, -0.15) is 4.98 Å².